The zero-order valence-electron chi connectivity index (χ0n) is 19.0. The number of hydrogen-bond acceptors (Lipinski definition) is 3. The maximum Gasteiger partial charge on any atom is 0.270 e. The summed E-state index contributed by atoms with van der Waals surface area (Å²) in [7, 11) is 0. The smallest absolute Gasteiger partial charge is 0.270 e. The van der Waals surface area contributed by atoms with E-state index in [-0.39, 0.29) is 10.7 Å². The van der Waals surface area contributed by atoms with Crippen LogP contribution in [0.4, 0.5) is 5.69 Å². The lowest BCUT2D eigenvalue weighted by Crippen LogP contribution is -2.56. The number of carbonyl (C=O) groups is 2. The van der Waals surface area contributed by atoms with E-state index in [1.54, 1.807) is 24.3 Å². The van der Waals surface area contributed by atoms with Gasteiger partial charge in [-0.05, 0) is 74.5 Å². The minimum Gasteiger partial charge on any atom is -0.316 e. The van der Waals surface area contributed by atoms with Gasteiger partial charge in [0.1, 0.15) is 5.57 Å². The number of para-hydroxylation sites is 1. The fourth-order valence-electron chi connectivity index (χ4n) is 4.13. The molecule has 2 amide bonds. The topological polar surface area (TPSA) is 45.6 Å². The van der Waals surface area contributed by atoms with Gasteiger partial charge >= 0.3 is 0 Å². The normalized spacial score (nSPS) is 15.6. The van der Waals surface area contributed by atoms with E-state index in [2.05, 4.69) is 0 Å². The van der Waals surface area contributed by atoms with Crippen LogP contribution in [0, 0.1) is 13.8 Å². The summed E-state index contributed by atoms with van der Waals surface area (Å²) in [5.41, 5.74) is 3.87. The summed E-state index contributed by atoms with van der Waals surface area (Å²) in [6.45, 7) is 6.23. The molecule has 174 valence electrons. The molecule has 0 spiro atoms. The molecule has 0 saturated carbocycles. The molecule has 0 unspecified atom stereocenters. The Morgan fingerprint density at radius 2 is 1.68 bits per heavy atom. The predicted molar refractivity (Wildman–Crippen MR) is 142 cm³/mol. The molecule has 4 rings (SSSR count). The fraction of sp³-hybridized carbons (Fsp3) is 0.192. The Morgan fingerprint density at radius 3 is 2.35 bits per heavy atom. The number of nitrogens with zero attached hydrogens (tertiary/aromatic N) is 3. The zero-order chi connectivity index (χ0) is 24.6. The van der Waals surface area contributed by atoms with Crippen LogP contribution in [0.15, 0.2) is 60.2 Å². The van der Waals surface area contributed by atoms with Gasteiger partial charge in [0, 0.05) is 17.9 Å². The van der Waals surface area contributed by atoms with Crippen molar-refractivity contribution in [1.29, 1.82) is 0 Å². The van der Waals surface area contributed by atoms with Crippen LogP contribution in [0.5, 0.6) is 0 Å². The van der Waals surface area contributed by atoms with E-state index >= 15 is 0 Å². The molecule has 0 N–H and O–H groups in total. The number of carbonyl (C=O) groups excluding carboxylic acids is 2. The predicted octanol–water partition coefficient (Wildman–Crippen LogP) is 6.35. The molecule has 0 atom stereocenters. The summed E-state index contributed by atoms with van der Waals surface area (Å²) in [5, 5.41) is 1.08. The van der Waals surface area contributed by atoms with E-state index in [1.165, 1.54) is 9.80 Å². The monoisotopic (exact) mass is 511 g/mol. The first-order valence-corrected chi connectivity index (χ1v) is 12.0. The maximum absolute atomic E-state index is 13.6. The van der Waals surface area contributed by atoms with Crippen LogP contribution in [0.3, 0.4) is 0 Å². The molecule has 0 aliphatic carbocycles. The number of rotatable bonds is 5. The zero-order valence-corrected chi connectivity index (χ0v) is 21.3. The molecule has 2 aromatic carbocycles. The van der Waals surface area contributed by atoms with Gasteiger partial charge in [0.15, 0.2) is 5.11 Å². The maximum atomic E-state index is 13.6. The number of thiocarbonyl (C=S) groups is 1. The second-order valence-corrected chi connectivity index (χ2v) is 9.16. The molecule has 3 aromatic rings. The molecule has 0 radical (unpaired) electrons. The van der Waals surface area contributed by atoms with Gasteiger partial charge in [-0.25, -0.2) is 0 Å². The second-order valence-electron chi connectivity index (χ2n) is 8.01. The van der Waals surface area contributed by atoms with Crippen molar-refractivity contribution in [2.75, 3.05) is 11.4 Å². The van der Waals surface area contributed by atoms with Gasteiger partial charge in [0.25, 0.3) is 11.8 Å². The number of benzene rings is 2. The Labute approximate surface area is 214 Å². The molecule has 1 saturated heterocycles. The SMILES string of the molecule is CCCN1C(=O)/C(=C\c2cc(C)n(-c3cccc(Cl)c3Cl)c2C)C(=O)N(c2ccccc2)C1=S. The van der Waals surface area contributed by atoms with Crippen molar-refractivity contribution in [3.05, 3.63) is 87.2 Å². The largest absolute Gasteiger partial charge is 0.316 e. The lowest BCUT2D eigenvalue weighted by Gasteiger charge is -2.36. The van der Waals surface area contributed by atoms with E-state index in [0.29, 0.717) is 28.7 Å². The highest BCUT2D eigenvalue weighted by Crippen LogP contribution is 2.33. The van der Waals surface area contributed by atoms with Gasteiger partial charge in [-0.15, -0.1) is 0 Å². The molecular weight excluding hydrogens is 489 g/mol. The van der Waals surface area contributed by atoms with Crippen LogP contribution in [0.1, 0.15) is 30.3 Å². The van der Waals surface area contributed by atoms with Crippen LogP contribution in [0.25, 0.3) is 11.8 Å². The number of amides is 2. The van der Waals surface area contributed by atoms with E-state index in [4.69, 9.17) is 35.4 Å². The van der Waals surface area contributed by atoms with E-state index in [0.717, 1.165) is 22.6 Å². The third kappa shape index (κ3) is 4.17. The number of anilines is 1. The molecule has 0 bridgehead atoms. The van der Waals surface area contributed by atoms with Crippen molar-refractivity contribution in [2.24, 2.45) is 0 Å². The molecule has 34 heavy (non-hydrogen) atoms. The first-order valence-electron chi connectivity index (χ1n) is 10.9. The van der Waals surface area contributed by atoms with Crippen LogP contribution >= 0.6 is 35.4 Å². The Hall–Kier alpha value is -2.93. The molecule has 5 nitrogen and oxygen atoms in total. The number of hydrogen-bond donors (Lipinski definition) is 0. The van der Waals surface area contributed by atoms with Gasteiger partial charge in [0.05, 0.1) is 21.4 Å². The Balaban J connectivity index is 1.84. The van der Waals surface area contributed by atoms with Gasteiger partial charge < -0.3 is 4.57 Å². The molecule has 2 heterocycles. The summed E-state index contributed by atoms with van der Waals surface area (Å²) in [5.74, 6) is -0.839. The minimum atomic E-state index is -0.445. The molecule has 1 aliphatic rings. The van der Waals surface area contributed by atoms with Crippen molar-refractivity contribution in [3.63, 3.8) is 0 Å². The van der Waals surface area contributed by atoms with Crippen LogP contribution in [0.2, 0.25) is 10.0 Å². The first kappa shape index (κ1) is 24.2. The van der Waals surface area contributed by atoms with Crippen molar-refractivity contribution >= 4 is 64.1 Å². The molecular formula is C26H23Cl2N3O2S. The van der Waals surface area contributed by atoms with Gasteiger partial charge in [-0.3, -0.25) is 19.4 Å². The van der Waals surface area contributed by atoms with E-state index in [9.17, 15) is 9.59 Å². The van der Waals surface area contributed by atoms with Crippen molar-refractivity contribution in [2.45, 2.75) is 27.2 Å². The third-order valence-corrected chi connectivity index (χ3v) is 6.95. The van der Waals surface area contributed by atoms with Crippen LogP contribution in [-0.4, -0.2) is 32.9 Å². The van der Waals surface area contributed by atoms with Crippen LogP contribution < -0.4 is 4.90 Å². The van der Waals surface area contributed by atoms with Gasteiger partial charge in [-0.2, -0.15) is 0 Å². The molecule has 1 aromatic heterocycles. The second kappa shape index (κ2) is 9.74. The summed E-state index contributed by atoms with van der Waals surface area (Å²) >= 11 is 18.3. The highest BCUT2D eigenvalue weighted by atomic mass is 35.5. The van der Waals surface area contributed by atoms with E-state index in [1.807, 2.05) is 61.7 Å². The van der Waals surface area contributed by atoms with Crippen molar-refractivity contribution < 1.29 is 9.59 Å². The Kier molecular flexibility index (Phi) is 6.94. The Morgan fingerprint density at radius 1 is 0.971 bits per heavy atom. The summed E-state index contributed by atoms with van der Waals surface area (Å²) in [4.78, 5) is 29.8. The average Bonchev–Trinajstić information content (AvgIpc) is 3.09. The lowest BCUT2D eigenvalue weighted by atomic mass is 10.1. The number of aryl methyl sites for hydroxylation is 1. The molecule has 8 heteroatoms. The van der Waals surface area contributed by atoms with E-state index < -0.39 is 11.8 Å². The quantitative estimate of drug-likeness (QED) is 0.227. The standard InChI is InChI=1S/C26H23Cl2N3O2S/c1-4-13-29-24(32)20(25(33)31(26(29)34)19-9-6-5-7-10-19)15-18-14-16(2)30(17(18)3)22-12-8-11-21(27)23(22)28/h5-12,14-15H,4,13H2,1-3H3/b20-15+. The number of aromatic nitrogens is 1. The highest BCUT2D eigenvalue weighted by Gasteiger charge is 2.40. The van der Waals surface area contributed by atoms with Crippen molar-refractivity contribution in [3.8, 4) is 5.69 Å². The summed E-state index contributed by atoms with van der Waals surface area (Å²) in [6, 6.07) is 16.5. The van der Waals surface area contributed by atoms with Crippen LogP contribution in [-0.2, 0) is 9.59 Å². The summed E-state index contributed by atoms with van der Waals surface area (Å²) in [6.07, 6.45) is 2.35. The minimum absolute atomic E-state index is 0.0587. The molecule has 1 fully saturated rings. The van der Waals surface area contributed by atoms with Crippen molar-refractivity contribution in [1.82, 2.24) is 9.47 Å². The van der Waals surface area contributed by atoms with Gasteiger partial charge in [0.2, 0.25) is 0 Å². The fourth-order valence-corrected chi connectivity index (χ4v) is 4.87. The molecule has 1 aliphatic heterocycles. The number of halogens is 2. The summed E-state index contributed by atoms with van der Waals surface area (Å²) < 4.78 is 1.96. The third-order valence-electron chi connectivity index (χ3n) is 5.74. The highest BCUT2D eigenvalue weighted by molar-refractivity contribution is 7.80. The average molecular weight is 512 g/mol. The van der Waals surface area contributed by atoms with Gasteiger partial charge in [-0.1, -0.05) is 54.4 Å². The Bertz CT molecular complexity index is 1330. The first-order chi connectivity index (χ1) is 16.3. The lowest BCUT2D eigenvalue weighted by molar-refractivity contribution is -0.127.